The van der Waals surface area contributed by atoms with Crippen molar-refractivity contribution in [1.82, 2.24) is 14.5 Å². The molecule has 112 valence electrons. The first kappa shape index (κ1) is 16.9. The van der Waals surface area contributed by atoms with E-state index in [9.17, 15) is 0 Å². The molecule has 0 atom stereocenters. The van der Waals surface area contributed by atoms with Gasteiger partial charge < -0.3 is 4.74 Å². The van der Waals surface area contributed by atoms with Crippen molar-refractivity contribution >= 4 is 23.1 Å². The average Bonchev–Trinajstić information content (AvgIpc) is 2.56. The molecule has 0 amide bonds. The zero-order valence-electron chi connectivity index (χ0n) is 11.7. The molecule has 4 nitrogen and oxygen atoms in total. The lowest BCUT2D eigenvalue weighted by Crippen LogP contribution is -3.00. The van der Waals surface area contributed by atoms with Gasteiger partial charge in [0.1, 0.15) is 13.1 Å². The molecule has 0 aliphatic carbocycles. The highest BCUT2D eigenvalue weighted by Gasteiger charge is 2.16. The van der Waals surface area contributed by atoms with Gasteiger partial charge in [0.15, 0.2) is 4.34 Å². The second-order valence-electron chi connectivity index (χ2n) is 4.37. The highest BCUT2D eigenvalue weighted by Crippen LogP contribution is 2.19. The molecule has 0 N–H and O–H groups in total. The van der Waals surface area contributed by atoms with Crippen LogP contribution >= 0.6 is 23.1 Å². The molecule has 7 heteroatoms. The summed E-state index contributed by atoms with van der Waals surface area (Å²) in [5, 5.41) is 0. The molecule has 0 saturated carbocycles. The third-order valence-electron chi connectivity index (χ3n) is 3.07. The minimum Gasteiger partial charge on any atom is -0.373 e. The molecule has 0 unspecified atom stereocenters. The van der Waals surface area contributed by atoms with Crippen LogP contribution in [-0.4, -0.2) is 42.5 Å². The van der Waals surface area contributed by atoms with Crippen molar-refractivity contribution in [2.24, 2.45) is 0 Å². The van der Waals surface area contributed by atoms with Gasteiger partial charge in [0.05, 0.1) is 13.2 Å². The Morgan fingerprint density at radius 2 is 1.86 bits per heavy atom. The van der Waals surface area contributed by atoms with Gasteiger partial charge in [-0.3, -0.25) is 0 Å². The van der Waals surface area contributed by atoms with E-state index in [1.165, 1.54) is 0 Å². The number of morpholine rings is 1. The zero-order chi connectivity index (χ0) is 13.8. The molecular weight excluding hydrogens is 417 g/mol. The predicted octanol–water partition coefficient (Wildman–Crippen LogP) is -1.80. The van der Waals surface area contributed by atoms with Crippen LogP contribution in [-0.2, 0) is 4.74 Å². The molecule has 1 aliphatic heterocycles. The van der Waals surface area contributed by atoms with Crippen LogP contribution in [0.2, 0.25) is 0 Å². The molecular formula is C14H18IN3OS2+2. The van der Waals surface area contributed by atoms with Crippen LogP contribution in [0.4, 0.5) is 0 Å². The number of nitrogens with zero attached hydrogens (tertiary/aromatic N) is 3. The highest BCUT2D eigenvalue weighted by molar-refractivity contribution is 8.00. The number of rotatable bonds is 2. The summed E-state index contributed by atoms with van der Waals surface area (Å²) in [7, 11) is 0. The van der Waals surface area contributed by atoms with Gasteiger partial charge in [-0.15, -0.1) is 0 Å². The van der Waals surface area contributed by atoms with Gasteiger partial charge in [-0.2, -0.15) is 4.98 Å². The SMILES string of the molecule is CSc1nc(-c2ccccc2)nc(=[N+]2CCOCC2)s1.[IH2+]. The zero-order valence-corrected chi connectivity index (χ0v) is 15.9. The van der Waals surface area contributed by atoms with Gasteiger partial charge in [-0.25, -0.2) is 4.58 Å². The molecule has 2 heterocycles. The van der Waals surface area contributed by atoms with E-state index in [-0.39, 0.29) is 24.0 Å². The van der Waals surface area contributed by atoms with Crippen LogP contribution in [0.15, 0.2) is 34.7 Å². The molecule has 21 heavy (non-hydrogen) atoms. The summed E-state index contributed by atoms with van der Waals surface area (Å²) in [6.45, 7) is 3.34. The minimum absolute atomic E-state index is 0. The van der Waals surface area contributed by atoms with E-state index >= 15 is 0 Å². The fourth-order valence-electron chi connectivity index (χ4n) is 2.02. The van der Waals surface area contributed by atoms with Crippen molar-refractivity contribution in [2.45, 2.75) is 4.34 Å². The molecule has 0 radical (unpaired) electrons. The number of benzene rings is 1. The van der Waals surface area contributed by atoms with E-state index in [1.54, 1.807) is 23.1 Å². The largest absolute Gasteiger partial charge is 0.382 e. The Bertz CT molecular complexity index is 653. The Kier molecular flexibility index (Phi) is 6.59. The van der Waals surface area contributed by atoms with Crippen molar-refractivity contribution in [2.75, 3.05) is 32.6 Å². The Balaban J connectivity index is 0.00000161. The van der Waals surface area contributed by atoms with Crippen molar-refractivity contribution in [3.05, 3.63) is 35.1 Å². The maximum absolute atomic E-state index is 5.41. The Morgan fingerprint density at radius 3 is 2.52 bits per heavy atom. The molecule has 1 aliphatic rings. The number of hydrogen-bond acceptors (Lipinski definition) is 5. The summed E-state index contributed by atoms with van der Waals surface area (Å²) in [6.07, 6.45) is 2.05. The van der Waals surface area contributed by atoms with Crippen molar-refractivity contribution < 1.29 is 28.7 Å². The molecule has 1 fully saturated rings. The molecule has 0 spiro atoms. The van der Waals surface area contributed by atoms with Crippen LogP contribution in [0.1, 0.15) is 0 Å². The van der Waals surface area contributed by atoms with Crippen LogP contribution in [0.3, 0.4) is 0 Å². The van der Waals surface area contributed by atoms with E-state index in [2.05, 4.69) is 15.8 Å². The monoisotopic (exact) mass is 435 g/mol. The molecule has 1 saturated heterocycles. The van der Waals surface area contributed by atoms with Crippen molar-refractivity contribution in [1.29, 1.82) is 0 Å². The number of thioether (sulfide) groups is 1. The Hall–Kier alpha value is -0.510. The second kappa shape index (κ2) is 8.21. The molecule has 1 aromatic heterocycles. The van der Waals surface area contributed by atoms with Crippen molar-refractivity contribution in [3.63, 3.8) is 0 Å². The van der Waals surface area contributed by atoms with Crippen LogP contribution < -0.4 is 33.4 Å². The van der Waals surface area contributed by atoms with Crippen LogP contribution in [0.5, 0.6) is 0 Å². The van der Waals surface area contributed by atoms with Gasteiger partial charge in [-0.1, -0.05) is 30.0 Å². The van der Waals surface area contributed by atoms with E-state index in [0.29, 0.717) is 0 Å². The Morgan fingerprint density at radius 1 is 1.14 bits per heavy atom. The smallest absolute Gasteiger partial charge is 0.373 e. The fraction of sp³-hybridized carbons (Fsp3) is 0.357. The third kappa shape index (κ3) is 4.24. The van der Waals surface area contributed by atoms with Gasteiger partial charge in [0.2, 0.25) is 24.0 Å². The lowest BCUT2D eigenvalue weighted by molar-refractivity contribution is -0.00000487. The van der Waals surface area contributed by atoms with Crippen LogP contribution in [0, 0.1) is 0 Å². The van der Waals surface area contributed by atoms with Crippen molar-refractivity contribution in [3.8, 4) is 11.4 Å². The molecule has 0 bridgehead atoms. The van der Waals surface area contributed by atoms with Gasteiger partial charge in [0.25, 0.3) is 5.82 Å². The summed E-state index contributed by atoms with van der Waals surface area (Å²) in [5.74, 6) is 0.801. The summed E-state index contributed by atoms with van der Waals surface area (Å²) >= 11 is 3.31. The number of ether oxygens (including phenoxy) is 1. The topological polar surface area (TPSA) is 38.0 Å². The second-order valence-corrected chi connectivity index (χ2v) is 6.38. The fourth-order valence-corrected chi connectivity index (χ4v) is 3.49. The van der Waals surface area contributed by atoms with Crippen LogP contribution in [0.25, 0.3) is 11.4 Å². The quantitative estimate of drug-likeness (QED) is 0.317. The first-order valence-electron chi connectivity index (χ1n) is 6.51. The van der Waals surface area contributed by atoms with E-state index in [0.717, 1.165) is 46.8 Å². The van der Waals surface area contributed by atoms with Gasteiger partial charge in [-0.05, 0) is 34.7 Å². The number of hydrogen-bond donors (Lipinski definition) is 0. The normalized spacial score (nSPS) is 14.6. The number of aromatic nitrogens is 2. The molecule has 1 aromatic carbocycles. The predicted molar refractivity (Wildman–Crippen MR) is 85.7 cm³/mol. The Labute approximate surface area is 149 Å². The lowest BCUT2D eigenvalue weighted by atomic mass is 10.2. The first-order chi connectivity index (χ1) is 9.86. The lowest BCUT2D eigenvalue weighted by Gasteiger charge is -2.12. The maximum atomic E-state index is 5.41. The first-order valence-corrected chi connectivity index (χ1v) is 8.55. The maximum Gasteiger partial charge on any atom is 0.382 e. The van der Waals surface area contributed by atoms with Gasteiger partial charge in [0, 0.05) is 5.56 Å². The highest BCUT2D eigenvalue weighted by atomic mass is 127. The molecule has 2 aromatic rings. The number of halogens is 1. The third-order valence-corrected chi connectivity index (χ3v) is 5.05. The standard InChI is InChI=1S/C14H16N3OS2.H2I/c1-19-14-16-12(11-5-3-2-4-6-11)15-13(20-14)17-7-9-18-10-8-17;/h2-6H,7-10H2,1H3;1H2/q2*+1. The van der Waals surface area contributed by atoms with E-state index < -0.39 is 0 Å². The summed E-state index contributed by atoms with van der Waals surface area (Å²) in [4.78, 5) is 10.4. The average molecular weight is 435 g/mol. The summed E-state index contributed by atoms with van der Waals surface area (Å²) in [5.41, 5.74) is 1.06. The summed E-state index contributed by atoms with van der Waals surface area (Å²) in [6, 6.07) is 10.1. The van der Waals surface area contributed by atoms with E-state index in [1.807, 2.05) is 30.3 Å². The van der Waals surface area contributed by atoms with E-state index in [4.69, 9.17) is 9.72 Å². The molecule has 3 rings (SSSR count). The minimum atomic E-state index is 0. The summed E-state index contributed by atoms with van der Waals surface area (Å²) < 4.78 is 8.73. The van der Waals surface area contributed by atoms with Gasteiger partial charge >= 0.3 is 4.80 Å².